The van der Waals surface area contributed by atoms with Gasteiger partial charge in [-0.25, -0.2) is 0 Å². The minimum absolute atomic E-state index is 1.07. The van der Waals surface area contributed by atoms with Crippen LogP contribution in [-0.2, 0) is 6.42 Å². The maximum absolute atomic E-state index is 2.28. The maximum Gasteiger partial charge on any atom is -0.0149 e. The molecule has 2 aromatic carbocycles. The van der Waals surface area contributed by atoms with E-state index in [-0.39, 0.29) is 0 Å². The summed E-state index contributed by atoms with van der Waals surface area (Å²) in [5, 5.41) is 2.74. The summed E-state index contributed by atoms with van der Waals surface area (Å²) in [6.45, 7) is 4.41. The molecule has 3 rings (SSSR count). The molecule has 0 unspecified atom stereocenters. The van der Waals surface area contributed by atoms with E-state index in [2.05, 4.69) is 86.7 Å². The Morgan fingerprint density at radius 3 is 2.18 bits per heavy atom. The Morgan fingerprint density at radius 2 is 1.41 bits per heavy atom. The quantitative estimate of drug-likeness (QED) is 0.795. The third-order valence-corrected chi connectivity index (χ3v) is 4.44. The predicted octanol–water partition coefficient (Wildman–Crippen LogP) is 4.16. The van der Waals surface area contributed by atoms with Crippen molar-refractivity contribution in [2.45, 2.75) is 26.7 Å². The fourth-order valence-corrected chi connectivity index (χ4v) is 2.97. The SMILES string of the molecule is CC1=CC=CC(CCc2ccccc2)=c2ccccc2=C1C. The van der Waals surface area contributed by atoms with E-state index in [1.807, 2.05) is 0 Å². The molecule has 2 aromatic rings. The first kappa shape index (κ1) is 14.6. The van der Waals surface area contributed by atoms with Gasteiger partial charge in [0.25, 0.3) is 0 Å². The summed E-state index contributed by atoms with van der Waals surface area (Å²) in [4.78, 5) is 0. The van der Waals surface area contributed by atoms with E-state index in [1.165, 1.54) is 32.7 Å². The molecule has 0 atom stereocenters. The average Bonchev–Trinajstić information content (AvgIpc) is 2.57. The standard InChI is InChI=1S/C22H22/c1-17-9-8-12-20(16-15-19-10-4-3-5-11-19)22-14-7-6-13-21(22)18(17)2/h3-14H,15-16H2,1-2H3. The molecule has 1 aliphatic rings. The zero-order chi connectivity index (χ0) is 15.4. The number of rotatable bonds is 3. The summed E-state index contributed by atoms with van der Waals surface area (Å²) in [6.07, 6.45) is 8.83. The Morgan fingerprint density at radius 1 is 0.727 bits per heavy atom. The summed E-state index contributed by atoms with van der Waals surface area (Å²) in [5.74, 6) is 0. The lowest BCUT2D eigenvalue weighted by Gasteiger charge is -2.09. The van der Waals surface area contributed by atoms with Gasteiger partial charge in [-0.2, -0.15) is 0 Å². The van der Waals surface area contributed by atoms with Crippen molar-refractivity contribution in [2.24, 2.45) is 0 Å². The van der Waals surface area contributed by atoms with Crippen LogP contribution in [-0.4, -0.2) is 0 Å². The molecule has 0 amide bonds. The number of allylic oxidation sites excluding steroid dienone is 4. The van der Waals surface area contributed by atoms with Crippen LogP contribution in [0, 0.1) is 0 Å². The third kappa shape index (κ3) is 3.12. The highest BCUT2D eigenvalue weighted by atomic mass is 14.1. The highest BCUT2D eigenvalue weighted by Gasteiger charge is 2.03. The van der Waals surface area contributed by atoms with Crippen molar-refractivity contribution in [1.82, 2.24) is 0 Å². The Labute approximate surface area is 132 Å². The summed E-state index contributed by atoms with van der Waals surface area (Å²) in [5.41, 5.74) is 5.53. The first-order chi connectivity index (χ1) is 10.8. The molecule has 0 spiro atoms. The first-order valence-electron chi connectivity index (χ1n) is 7.94. The number of hydrogen-bond acceptors (Lipinski definition) is 0. The molecule has 0 radical (unpaired) electrons. The smallest absolute Gasteiger partial charge is 0.0149 e. The van der Waals surface area contributed by atoms with Crippen LogP contribution in [0.25, 0.3) is 11.1 Å². The van der Waals surface area contributed by atoms with Crippen molar-refractivity contribution in [2.75, 3.05) is 0 Å². The van der Waals surface area contributed by atoms with Crippen LogP contribution in [0.1, 0.15) is 25.8 Å². The van der Waals surface area contributed by atoms with E-state index in [0.29, 0.717) is 0 Å². The van der Waals surface area contributed by atoms with Crippen LogP contribution in [0.5, 0.6) is 0 Å². The van der Waals surface area contributed by atoms with E-state index >= 15 is 0 Å². The predicted molar refractivity (Wildman–Crippen MR) is 95.8 cm³/mol. The number of fused-ring (bicyclic) bond motifs is 1. The summed E-state index contributed by atoms with van der Waals surface area (Å²) in [6, 6.07) is 19.5. The molecule has 22 heavy (non-hydrogen) atoms. The second-order valence-corrected chi connectivity index (χ2v) is 5.89. The molecule has 0 aliphatic heterocycles. The highest BCUT2D eigenvalue weighted by Crippen LogP contribution is 2.14. The largest absolute Gasteiger partial charge is 0.0622 e. The van der Waals surface area contributed by atoms with E-state index < -0.39 is 0 Å². The molecule has 0 bridgehead atoms. The molecule has 0 heterocycles. The summed E-state index contributed by atoms with van der Waals surface area (Å²) < 4.78 is 0. The van der Waals surface area contributed by atoms with Gasteiger partial charge >= 0.3 is 0 Å². The van der Waals surface area contributed by atoms with Gasteiger partial charge in [0.15, 0.2) is 0 Å². The van der Waals surface area contributed by atoms with Gasteiger partial charge in [-0.1, -0.05) is 72.8 Å². The molecular weight excluding hydrogens is 264 g/mol. The van der Waals surface area contributed by atoms with Crippen molar-refractivity contribution >= 4 is 11.1 Å². The monoisotopic (exact) mass is 286 g/mol. The van der Waals surface area contributed by atoms with Gasteiger partial charge in [-0.3, -0.25) is 0 Å². The van der Waals surface area contributed by atoms with Gasteiger partial charge in [0.2, 0.25) is 0 Å². The van der Waals surface area contributed by atoms with Crippen molar-refractivity contribution in [3.63, 3.8) is 0 Å². The molecular formula is C22H22. The van der Waals surface area contributed by atoms with E-state index in [0.717, 1.165) is 12.8 Å². The van der Waals surface area contributed by atoms with Crippen LogP contribution in [0.15, 0.2) is 78.4 Å². The fraction of sp³-hybridized carbons (Fsp3) is 0.182. The lowest BCUT2D eigenvalue weighted by atomic mass is 9.96. The number of benzene rings is 2. The van der Waals surface area contributed by atoms with E-state index in [1.54, 1.807) is 0 Å². The summed E-state index contributed by atoms with van der Waals surface area (Å²) in [7, 11) is 0. The molecule has 110 valence electrons. The molecule has 0 nitrogen and oxygen atoms in total. The zero-order valence-corrected chi connectivity index (χ0v) is 13.3. The Kier molecular flexibility index (Phi) is 4.39. The van der Waals surface area contributed by atoms with Crippen LogP contribution in [0.4, 0.5) is 0 Å². The van der Waals surface area contributed by atoms with Crippen molar-refractivity contribution in [3.8, 4) is 0 Å². The topological polar surface area (TPSA) is 0 Å². The van der Waals surface area contributed by atoms with Crippen LogP contribution < -0.4 is 10.4 Å². The molecule has 0 saturated heterocycles. The third-order valence-electron chi connectivity index (χ3n) is 4.44. The average molecular weight is 286 g/mol. The van der Waals surface area contributed by atoms with Gasteiger partial charge in [0, 0.05) is 0 Å². The zero-order valence-electron chi connectivity index (χ0n) is 13.3. The van der Waals surface area contributed by atoms with Gasteiger partial charge in [-0.05, 0) is 59.4 Å². The lowest BCUT2D eigenvalue weighted by Crippen LogP contribution is -2.29. The van der Waals surface area contributed by atoms with Crippen molar-refractivity contribution in [3.05, 3.63) is 94.4 Å². The van der Waals surface area contributed by atoms with Gasteiger partial charge in [-0.15, -0.1) is 0 Å². The van der Waals surface area contributed by atoms with Crippen LogP contribution >= 0.6 is 0 Å². The van der Waals surface area contributed by atoms with Crippen LogP contribution in [0.3, 0.4) is 0 Å². The normalized spacial score (nSPS) is 14.2. The molecule has 0 fully saturated rings. The molecule has 0 aromatic heterocycles. The Bertz CT molecular complexity index is 833. The molecule has 0 N–H and O–H groups in total. The second-order valence-electron chi connectivity index (χ2n) is 5.89. The van der Waals surface area contributed by atoms with E-state index in [9.17, 15) is 0 Å². The summed E-state index contributed by atoms with van der Waals surface area (Å²) >= 11 is 0. The van der Waals surface area contributed by atoms with Gasteiger partial charge < -0.3 is 0 Å². The number of hydrogen-bond donors (Lipinski definition) is 0. The fourth-order valence-electron chi connectivity index (χ4n) is 2.97. The lowest BCUT2D eigenvalue weighted by molar-refractivity contribution is 1.01. The van der Waals surface area contributed by atoms with Crippen LogP contribution in [0.2, 0.25) is 0 Å². The van der Waals surface area contributed by atoms with Crippen molar-refractivity contribution in [1.29, 1.82) is 0 Å². The molecule has 1 aliphatic carbocycles. The minimum Gasteiger partial charge on any atom is -0.0622 e. The highest BCUT2D eigenvalue weighted by molar-refractivity contribution is 5.67. The molecule has 0 saturated carbocycles. The minimum atomic E-state index is 1.07. The number of aryl methyl sites for hydroxylation is 1. The van der Waals surface area contributed by atoms with Gasteiger partial charge in [0.05, 0.1) is 0 Å². The molecule has 0 heteroatoms. The first-order valence-corrected chi connectivity index (χ1v) is 7.94. The maximum atomic E-state index is 2.28. The Hall–Kier alpha value is -2.34. The second kappa shape index (κ2) is 6.62. The Balaban J connectivity index is 2.07. The van der Waals surface area contributed by atoms with E-state index in [4.69, 9.17) is 0 Å². The van der Waals surface area contributed by atoms with Gasteiger partial charge in [0.1, 0.15) is 0 Å². The van der Waals surface area contributed by atoms with Crippen molar-refractivity contribution < 1.29 is 0 Å².